The SMILES string of the molecule is COc1ccc2nc(-n3c(O)c(O)c(C(=O)c4ccccn4)c3-c3ccccc3F)sc2c1. The first kappa shape index (κ1) is 20.7. The Bertz CT molecular complexity index is 1510. The average molecular weight is 461 g/mol. The standard InChI is InChI=1S/C24H16FN3O4S/c1-32-13-9-10-16-18(12-13)33-24(27-16)28-20(14-6-2-3-7-15(14)25)19(22(30)23(28)31)21(29)17-8-4-5-11-26-17/h2-12,30-31H,1H3. The highest BCUT2D eigenvalue weighted by Gasteiger charge is 2.32. The second-order valence-electron chi connectivity index (χ2n) is 7.09. The zero-order valence-electron chi connectivity index (χ0n) is 17.2. The van der Waals surface area contributed by atoms with E-state index in [4.69, 9.17) is 4.74 Å². The summed E-state index contributed by atoms with van der Waals surface area (Å²) in [5, 5.41) is 21.9. The Balaban J connectivity index is 1.82. The van der Waals surface area contributed by atoms with Crippen LogP contribution in [0.4, 0.5) is 4.39 Å². The van der Waals surface area contributed by atoms with Gasteiger partial charge in [0, 0.05) is 11.8 Å². The van der Waals surface area contributed by atoms with Crippen LogP contribution in [0.2, 0.25) is 0 Å². The molecule has 0 bridgehead atoms. The number of ether oxygens (including phenoxy) is 1. The molecule has 0 saturated carbocycles. The van der Waals surface area contributed by atoms with E-state index in [1.54, 1.807) is 43.5 Å². The average Bonchev–Trinajstić information content (AvgIpc) is 3.37. The molecule has 33 heavy (non-hydrogen) atoms. The fourth-order valence-electron chi connectivity index (χ4n) is 3.60. The van der Waals surface area contributed by atoms with Gasteiger partial charge in [0.2, 0.25) is 11.7 Å². The van der Waals surface area contributed by atoms with Crippen LogP contribution in [0.1, 0.15) is 16.1 Å². The molecule has 0 aliphatic heterocycles. The van der Waals surface area contributed by atoms with Gasteiger partial charge in [0.25, 0.3) is 0 Å². The lowest BCUT2D eigenvalue weighted by atomic mass is 10.0. The number of rotatable bonds is 5. The number of halogens is 1. The van der Waals surface area contributed by atoms with E-state index in [9.17, 15) is 19.4 Å². The number of thiazole rings is 1. The zero-order chi connectivity index (χ0) is 23.1. The number of fused-ring (bicyclic) bond motifs is 1. The minimum Gasteiger partial charge on any atom is -0.503 e. The topological polar surface area (TPSA) is 97.5 Å². The van der Waals surface area contributed by atoms with Crippen molar-refractivity contribution in [3.8, 4) is 33.8 Å². The van der Waals surface area contributed by atoms with Crippen molar-refractivity contribution in [3.63, 3.8) is 0 Å². The lowest BCUT2D eigenvalue weighted by Crippen LogP contribution is -2.07. The number of hydrogen-bond donors (Lipinski definition) is 2. The van der Waals surface area contributed by atoms with Gasteiger partial charge in [0.1, 0.15) is 17.3 Å². The number of aromatic hydroxyl groups is 2. The summed E-state index contributed by atoms with van der Waals surface area (Å²) < 4.78 is 22.1. The van der Waals surface area contributed by atoms with Crippen LogP contribution in [0, 0.1) is 5.82 Å². The van der Waals surface area contributed by atoms with Gasteiger partial charge in [-0.3, -0.25) is 14.3 Å². The highest BCUT2D eigenvalue weighted by atomic mass is 32.1. The Kier molecular flexibility index (Phi) is 5.02. The van der Waals surface area contributed by atoms with E-state index >= 15 is 0 Å². The molecule has 0 atom stereocenters. The van der Waals surface area contributed by atoms with Gasteiger partial charge in [-0.1, -0.05) is 29.5 Å². The normalized spacial score (nSPS) is 11.1. The number of ketones is 1. The Hall–Kier alpha value is -4.24. The number of nitrogens with zero attached hydrogens (tertiary/aromatic N) is 3. The molecule has 0 aliphatic rings. The Labute approximate surface area is 191 Å². The Morgan fingerprint density at radius 2 is 1.88 bits per heavy atom. The third kappa shape index (κ3) is 3.39. The second kappa shape index (κ2) is 8.03. The molecule has 2 N–H and O–H groups in total. The molecule has 0 unspecified atom stereocenters. The number of aromatic nitrogens is 3. The highest BCUT2D eigenvalue weighted by molar-refractivity contribution is 7.20. The third-order valence-electron chi connectivity index (χ3n) is 5.15. The molecule has 0 radical (unpaired) electrons. The molecule has 7 nitrogen and oxygen atoms in total. The minimum atomic E-state index is -0.680. The summed E-state index contributed by atoms with van der Waals surface area (Å²) in [5.41, 5.74) is 0.374. The number of pyridine rings is 1. The molecular formula is C24H16FN3O4S. The smallest absolute Gasteiger partial charge is 0.242 e. The molecule has 5 aromatic rings. The largest absolute Gasteiger partial charge is 0.503 e. The van der Waals surface area contributed by atoms with Crippen molar-refractivity contribution in [1.82, 2.24) is 14.5 Å². The molecule has 3 heterocycles. The summed E-state index contributed by atoms with van der Waals surface area (Å²) >= 11 is 1.19. The van der Waals surface area contributed by atoms with Crippen LogP contribution in [-0.2, 0) is 0 Å². The Morgan fingerprint density at radius 3 is 2.61 bits per heavy atom. The lowest BCUT2D eigenvalue weighted by molar-refractivity contribution is 0.103. The van der Waals surface area contributed by atoms with Crippen LogP contribution >= 0.6 is 11.3 Å². The van der Waals surface area contributed by atoms with Crippen molar-refractivity contribution in [1.29, 1.82) is 0 Å². The number of methoxy groups -OCH3 is 1. The summed E-state index contributed by atoms with van der Waals surface area (Å²) in [6.07, 6.45) is 1.44. The number of benzene rings is 2. The number of carbonyl (C=O) groups excluding carboxylic acids is 1. The van der Waals surface area contributed by atoms with Crippen LogP contribution in [-0.4, -0.2) is 37.6 Å². The second-order valence-corrected chi connectivity index (χ2v) is 8.09. The maximum atomic E-state index is 14.9. The number of carbonyl (C=O) groups is 1. The van der Waals surface area contributed by atoms with Crippen molar-refractivity contribution in [2.75, 3.05) is 7.11 Å². The van der Waals surface area contributed by atoms with Gasteiger partial charge < -0.3 is 14.9 Å². The van der Waals surface area contributed by atoms with Crippen molar-refractivity contribution in [2.45, 2.75) is 0 Å². The van der Waals surface area contributed by atoms with Crippen molar-refractivity contribution in [3.05, 3.63) is 83.9 Å². The highest BCUT2D eigenvalue weighted by Crippen LogP contribution is 2.45. The molecule has 5 rings (SSSR count). The van der Waals surface area contributed by atoms with Crippen LogP contribution in [0.3, 0.4) is 0 Å². The van der Waals surface area contributed by atoms with Crippen LogP contribution in [0.15, 0.2) is 66.9 Å². The van der Waals surface area contributed by atoms with E-state index in [0.29, 0.717) is 11.3 Å². The molecule has 164 valence electrons. The van der Waals surface area contributed by atoms with E-state index in [1.807, 2.05) is 0 Å². The van der Waals surface area contributed by atoms with Gasteiger partial charge in [-0.15, -0.1) is 0 Å². The maximum Gasteiger partial charge on any atom is 0.242 e. The monoisotopic (exact) mass is 461 g/mol. The molecule has 3 aromatic heterocycles. The van der Waals surface area contributed by atoms with Crippen molar-refractivity contribution in [2.24, 2.45) is 0 Å². The van der Waals surface area contributed by atoms with Gasteiger partial charge in [-0.05, 0) is 42.5 Å². The summed E-state index contributed by atoms with van der Waals surface area (Å²) in [6.45, 7) is 0. The first-order chi connectivity index (χ1) is 16.0. The van der Waals surface area contributed by atoms with Gasteiger partial charge in [-0.2, -0.15) is 0 Å². The summed E-state index contributed by atoms with van der Waals surface area (Å²) in [7, 11) is 1.55. The minimum absolute atomic E-state index is 0.0178. The predicted molar refractivity (Wildman–Crippen MR) is 122 cm³/mol. The van der Waals surface area contributed by atoms with E-state index < -0.39 is 23.2 Å². The summed E-state index contributed by atoms with van der Waals surface area (Å²) in [5.74, 6) is -1.98. The van der Waals surface area contributed by atoms with Gasteiger partial charge in [0.15, 0.2) is 10.9 Å². The Morgan fingerprint density at radius 1 is 1.09 bits per heavy atom. The summed E-state index contributed by atoms with van der Waals surface area (Å²) in [4.78, 5) is 21.9. The molecule has 9 heteroatoms. The first-order valence-electron chi connectivity index (χ1n) is 9.81. The van der Waals surface area contributed by atoms with Crippen LogP contribution < -0.4 is 4.74 Å². The maximum absolute atomic E-state index is 14.9. The number of hydrogen-bond acceptors (Lipinski definition) is 7. The van der Waals surface area contributed by atoms with E-state index in [-0.39, 0.29) is 27.6 Å². The quantitative estimate of drug-likeness (QED) is 0.360. The van der Waals surface area contributed by atoms with Crippen LogP contribution in [0.25, 0.3) is 26.6 Å². The van der Waals surface area contributed by atoms with E-state index in [0.717, 1.165) is 4.70 Å². The molecule has 0 spiro atoms. The first-order valence-corrected chi connectivity index (χ1v) is 10.6. The van der Waals surface area contributed by atoms with Crippen LogP contribution in [0.5, 0.6) is 17.4 Å². The zero-order valence-corrected chi connectivity index (χ0v) is 18.0. The molecular weight excluding hydrogens is 445 g/mol. The van der Waals surface area contributed by atoms with Crippen molar-refractivity contribution < 1.29 is 24.1 Å². The van der Waals surface area contributed by atoms with E-state index in [1.165, 1.54) is 46.4 Å². The molecule has 2 aromatic carbocycles. The molecule has 0 fully saturated rings. The molecule has 0 amide bonds. The molecule has 0 saturated heterocycles. The van der Waals surface area contributed by atoms with Gasteiger partial charge in [-0.25, -0.2) is 9.37 Å². The summed E-state index contributed by atoms with van der Waals surface area (Å²) in [6, 6.07) is 15.8. The van der Waals surface area contributed by atoms with Gasteiger partial charge in [0.05, 0.1) is 28.6 Å². The predicted octanol–water partition coefficient (Wildman–Crippen LogP) is 4.94. The fraction of sp³-hybridized carbons (Fsp3) is 0.0417. The lowest BCUT2D eigenvalue weighted by Gasteiger charge is -2.10. The van der Waals surface area contributed by atoms with Crippen molar-refractivity contribution >= 4 is 27.3 Å². The fourth-order valence-corrected chi connectivity index (χ4v) is 4.60. The third-order valence-corrected chi connectivity index (χ3v) is 6.15. The molecule has 0 aliphatic carbocycles. The van der Waals surface area contributed by atoms with Gasteiger partial charge >= 0.3 is 0 Å². The van der Waals surface area contributed by atoms with E-state index in [2.05, 4.69) is 9.97 Å².